The lowest BCUT2D eigenvalue weighted by atomic mass is 10.3. The quantitative estimate of drug-likeness (QED) is 0.541. The van der Waals surface area contributed by atoms with Gasteiger partial charge in [0, 0.05) is 19.7 Å². The fraction of sp³-hybridized carbons (Fsp3) is 0.200. The zero-order valence-corrected chi connectivity index (χ0v) is 8.54. The molecule has 2 N–H and O–H groups in total. The summed E-state index contributed by atoms with van der Waals surface area (Å²) in [5.41, 5.74) is 0.634. The number of hydrogen-bond acceptors (Lipinski definition) is 2. The van der Waals surface area contributed by atoms with E-state index in [2.05, 4.69) is 5.32 Å². The van der Waals surface area contributed by atoms with Crippen LogP contribution in [0.1, 0.15) is 6.92 Å². The van der Waals surface area contributed by atoms with Gasteiger partial charge in [-0.05, 0) is 24.3 Å². The largest absolute Gasteiger partial charge is 0.316 e. The summed E-state index contributed by atoms with van der Waals surface area (Å²) in [6.45, 7) is 1.33. The smallest absolute Gasteiger partial charge is 0.223 e. The molecule has 15 heavy (non-hydrogen) atoms. The van der Waals surface area contributed by atoms with Crippen molar-refractivity contribution in [1.29, 1.82) is 5.41 Å². The Morgan fingerprint density at radius 3 is 2.40 bits per heavy atom. The number of amides is 1. The molecule has 0 saturated heterocycles. The molecule has 0 fully saturated rings. The highest BCUT2D eigenvalue weighted by molar-refractivity contribution is 6.02. The molecule has 0 aliphatic carbocycles. The summed E-state index contributed by atoms with van der Waals surface area (Å²) in [4.78, 5) is 12.2. The molecule has 4 nitrogen and oxygen atoms in total. The molecule has 80 valence electrons. The minimum atomic E-state index is -0.335. The lowest BCUT2D eigenvalue weighted by Crippen LogP contribution is -2.40. The van der Waals surface area contributed by atoms with Crippen LogP contribution in [0.5, 0.6) is 0 Å². The number of rotatable bonds is 1. The summed E-state index contributed by atoms with van der Waals surface area (Å²) in [6, 6.07) is 5.66. The second-order valence-corrected chi connectivity index (χ2v) is 3.07. The third-order valence-electron chi connectivity index (χ3n) is 1.84. The summed E-state index contributed by atoms with van der Waals surface area (Å²) in [5.74, 6) is -0.693. The van der Waals surface area contributed by atoms with Crippen molar-refractivity contribution >= 4 is 17.6 Å². The first kappa shape index (κ1) is 11.2. The Balaban J connectivity index is 2.76. The van der Waals surface area contributed by atoms with Gasteiger partial charge >= 0.3 is 0 Å². The second-order valence-electron chi connectivity index (χ2n) is 3.07. The highest BCUT2D eigenvalue weighted by Crippen LogP contribution is 2.12. The maximum absolute atomic E-state index is 12.6. The van der Waals surface area contributed by atoms with Gasteiger partial charge in [-0.2, -0.15) is 0 Å². The van der Waals surface area contributed by atoms with Crippen molar-refractivity contribution in [3.05, 3.63) is 30.1 Å². The van der Waals surface area contributed by atoms with E-state index in [0.717, 1.165) is 0 Å². The van der Waals surface area contributed by atoms with Crippen LogP contribution in [0, 0.1) is 11.2 Å². The van der Waals surface area contributed by atoms with Crippen molar-refractivity contribution in [3.63, 3.8) is 0 Å². The number of nitrogens with zero attached hydrogens (tertiary/aromatic N) is 1. The van der Waals surface area contributed by atoms with Crippen molar-refractivity contribution in [1.82, 2.24) is 5.32 Å². The molecule has 1 rings (SSSR count). The molecule has 1 aromatic rings. The van der Waals surface area contributed by atoms with Crippen molar-refractivity contribution < 1.29 is 9.18 Å². The molecular weight excluding hydrogens is 197 g/mol. The minimum Gasteiger partial charge on any atom is -0.316 e. The zero-order chi connectivity index (χ0) is 11.4. The Labute approximate surface area is 87.2 Å². The van der Waals surface area contributed by atoms with Gasteiger partial charge in [0.25, 0.3) is 0 Å². The van der Waals surface area contributed by atoms with Crippen LogP contribution in [0.2, 0.25) is 0 Å². The Morgan fingerprint density at radius 1 is 1.40 bits per heavy atom. The van der Waals surface area contributed by atoms with E-state index in [1.54, 1.807) is 7.05 Å². The number of hydrogen-bond donors (Lipinski definition) is 2. The summed E-state index contributed by atoms with van der Waals surface area (Å²) >= 11 is 0. The van der Waals surface area contributed by atoms with Gasteiger partial charge < -0.3 is 4.90 Å². The van der Waals surface area contributed by atoms with E-state index in [4.69, 9.17) is 5.41 Å². The predicted octanol–water partition coefficient (Wildman–Crippen LogP) is 1.33. The second kappa shape index (κ2) is 4.54. The predicted molar refractivity (Wildman–Crippen MR) is 56.3 cm³/mol. The van der Waals surface area contributed by atoms with Gasteiger partial charge in [0.15, 0.2) is 0 Å². The lowest BCUT2D eigenvalue weighted by molar-refractivity contribution is -0.117. The molecule has 5 heteroatoms. The number of carbonyl (C=O) groups excluding carboxylic acids is 1. The van der Waals surface area contributed by atoms with E-state index in [0.29, 0.717) is 5.69 Å². The fourth-order valence-electron chi connectivity index (χ4n) is 1.04. The highest BCUT2D eigenvalue weighted by Gasteiger charge is 2.07. The molecule has 0 heterocycles. The molecule has 0 aliphatic rings. The molecule has 1 amide bonds. The molecule has 1 aromatic carbocycles. The van der Waals surface area contributed by atoms with Crippen LogP contribution in [0.15, 0.2) is 24.3 Å². The molecule has 0 atom stereocenters. The Morgan fingerprint density at radius 2 is 1.93 bits per heavy atom. The van der Waals surface area contributed by atoms with Crippen molar-refractivity contribution in [2.45, 2.75) is 6.92 Å². The lowest BCUT2D eigenvalue weighted by Gasteiger charge is -2.19. The molecule has 0 radical (unpaired) electrons. The summed E-state index contributed by atoms with van der Waals surface area (Å²) in [6.07, 6.45) is 0. The van der Waals surface area contributed by atoms with Crippen LogP contribution in [0.3, 0.4) is 0 Å². The van der Waals surface area contributed by atoms with E-state index >= 15 is 0 Å². The molecule has 0 saturated carbocycles. The summed E-state index contributed by atoms with van der Waals surface area (Å²) in [5, 5.41) is 9.85. The van der Waals surface area contributed by atoms with Gasteiger partial charge in [-0.25, -0.2) is 4.39 Å². The van der Waals surface area contributed by atoms with Crippen LogP contribution in [-0.4, -0.2) is 18.9 Å². The molecule has 0 bridgehead atoms. The number of halogens is 1. The number of benzene rings is 1. The van der Waals surface area contributed by atoms with E-state index in [-0.39, 0.29) is 17.7 Å². The van der Waals surface area contributed by atoms with Crippen LogP contribution < -0.4 is 10.2 Å². The van der Waals surface area contributed by atoms with E-state index in [1.165, 1.54) is 36.1 Å². The van der Waals surface area contributed by atoms with Gasteiger partial charge in [0.2, 0.25) is 11.9 Å². The van der Waals surface area contributed by atoms with E-state index < -0.39 is 0 Å². The monoisotopic (exact) mass is 209 g/mol. The third-order valence-corrected chi connectivity index (χ3v) is 1.84. The van der Waals surface area contributed by atoms with Gasteiger partial charge in [-0.3, -0.25) is 15.5 Å². The Kier molecular flexibility index (Phi) is 3.38. The highest BCUT2D eigenvalue weighted by atomic mass is 19.1. The molecule has 0 aliphatic heterocycles. The number of anilines is 1. The van der Waals surface area contributed by atoms with E-state index in [9.17, 15) is 9.18 Å². The van der Waals surface area contributed by atoms with Crippen LogP contribution in [0.25, 0.3) is 0 Å². The standard InChI is InChI=1S/C10H12FN3O/c1-7(15)13-10(12)14(2)9-5-3-8(11)4-6-9/h3-6H,1-2H3,(H2,12,13,15). The van der Waals surface area contributed by atoms with Crippen LogP contribution in [-0.2, 0) is 4.79 Å². The maximum Gasteiger partial charge on any atom is 0.223 e. The van der Waals surface area contributed by atoms with Crippen molar-refractivity contribution in [2.24, 2.45) is 0 Å². The number of nitrogens with one attached hydrogen (secondary N) is 2. The average Bonchev–Trinajstić information content (AvgIpc) is 2.17. The third kappa shape index (κ3) is 3.05. The SMILES string of the molecule is CC(=O)NC(=N)N(C)c1ccc(F)cc1. The Bertz CT molecular complexity index is 375. The summed E-state index contributed by atoms with van der Waals surface area (Å²) < 4.78 is 12.6. The maximum atomic E-state index is 12.6. The van der Waals surface area contributed by atoms with Gasteiger partial charge in [0.1, 0.15) is 5.82 Å². The first-order valence-corrected chi connectivity index (χ1v) is 4.36. The Hall–Kier alpha value is -1.91. The van der Waals surface area contributed by atoms with Gasteiger partial charge in [-0.15, -0.1) is 0 Å². The molecule has 0 unspecified atom stereocenters. The zero-order valence-electron chi connectivity index (χ0n) is 8.54. The van der Waals surface area contributed by atoms with E-state index in [1.807, 2.05) is 0 Å². The first-order chi connectivity index (χ1) is 7.00. The van der Waals surface area contributed by atoms with Crippen molar-refractivity contribution in [2.75, 3.05) is 11.9 Å². The molecular formula is C10H12FN3O. The number of guanidine groups is 1. The van der Waals surface area contributed by atoms with Gasteiger partial charge in [0.05, 0.1) is 0 Å². The minimum absolute atomic E-state index is 0.0471. The topological polar surface area (TPSA) is 56.2 Å². The first-order valence-electron chi connectivity index (χ1n) is 4.36. The van der Waals surface area contributed by atoms with Crippen LogP contribution in [0.4, 0.5) is 10.1 Å². The molecule has 0 aromatic heterocycles. The van der Waals surface area contributed by atoms with Crippen molar-refractivity contribution in [3.8, 4) is 0 Å². The van der Waals surface area contributed by atoms with Crippen LogP contribution >= 0.6 is 0 Å². The van der Waals surface area contributed by atoms with Gasteiger partial charge in [-0.1, -0.05) is 0 Å². The average molecular weight is 209 g/mol. The normalized spacial score (nSPS) is 9.53. The summed E-state index contributed by atoms with van der Waals surface area (Å²) in [7, 11) is 1.62. The number of carbonyl (C=O) groups is 1. The molecule has 0 spiro atoms. The fourth-order valence-corrected chi connectivity index (χ4v) is 1.04.